The number of ether oxygens (including phenoxy) is 3. The standard InChI is InChI=1S/C18H35N3O3S.HI/c1-19-17(21-15-18(25-2)6-12-23-13-7-18)20-8-3-9-24-14-16-4-10-22-11-5-16;/h16H,3-15H2,1-2H3,(H2,19,20,21);1H. The Morgan fingerprint density at radius 3 is 2.50 bits per heavy atom. The molecule has 2 heterocycles. The smallest absolute Gasteiger partial charge is 0.191 e. The maximum atomic E-state index is 5.80. The van der Waals surface area contributed by atoms with Gasteiger partial charge in [-0.3, -0.25) is 4.99 Å². The minimum atomic E-state index is 0. The Morgan fingerprint density at radius 2 is 1.85 bits per heavy atom. The normalized spacial score (nSPS) is 21.1. The van der Waals surface area contributed by atoms with Crippen LogP contribution in [0, 0.1) is 5.92 Å². The Labute approximate surface area is 180 Å². The Kier molecular flexibility index (Phi) is 13.3. The third-order valence-electron chi connectivity index (χ3n) is 5.09. The van der Waals surface area contributed by atoms with Crippen molar-refractivity contribution in [2.45, 2.75) is 36.9 Å². The Bertz CT molecular complexity index is 390. The van der Waals surface area contributed by atoms with Gasteiger partial charge in [-0.05, 0) is 44.3 Å². The summed E-state index contributed by atoms with van der Waals surface area (Å²) in [5.41, 5.74) is 0. The molecule has 0 amide bonds. The number of nitrogens with zero attached hydrogens (tertiary/aromatic N) is 1. The first-order valence-corrected chi connectivity index (χ1v) is 10.7. The van der Waals surface area contributed by atoms with E-state index in [0.717, 1.165) is 90.8 Å². The zero-order valence-corrected chi connectivity index (χ0v) is 19.4. The molecule has 0 unspecified atom stereocenters. The zero-order valence-electron chi connectivity index (χ0n) is 16.3. The molecule has 0 aromatic rings. The molecule has 2 fully saturated rings. The van der Waals surface area contributed by atoms with Gasteiger partial charge in [0.25, 0.3) is 0 Å². The lowest BCUT2D eigenvalue weighted by molar-refractivity contribution is 0.0203. The Hall–Kier alpha value is 0.230. The van der Waals surface area contributed by atoms with E-state index >= 15 is 0 Å². The number of thioether (sulfide) groups is 1. The van der Waals surface area contributed by atoms with Gasteiger partial charge >= 0.3 is 0 Å². The average Bonchev–Trinajstić information content (AvgIpc) is 2.68. The first kappa shape index (κ1) is 24.3. The second kappa shape index (κ2) is 14.3. The topological polar surface area (TPSA) is 64.1 Å². The fourth-order valence-corrected chi connectivity index (χ4v) is 4.00. The fourth-order valence-electron chi connectivity index (χ4n) is 3.21. The zero-order chi connectivity index (χ0) is 17.8. The molecule has 2 N–H and O–H groups in total. The van der Waals surface area contributed by atoms with E-state index < -0.39 is 0 Å². The van der Waals surface area contributed by atoms with Gasteiger partial charge in [-0.15, -0.1) is 24.0 Å². The first-order chi connectivity index (χ1) is 12.3. The van der Waals surface area contributed by atoms with Gasteiger partial charge in [0.15, 0.2) is 5.96 Å². The third-order valence-corrected chi connectivity index (χ3v) is 6.51. The van der Waals surface area contributed by atoms with E-state index in [0.29, 0.717) is 5.92 Å². The molecule has 2 saturated heterocycles. The van der Waals surface area contributed by atoms with Crippen LogP contribution in [0.15, 0.2) is 4.99 Å². The minimum Gasteiger partial charge on any atom is -0.381 e. The third kappa shape index (κ3) is 8.95. The van der Waals surface area contributed by atoms with Crippen LogP contribution in [0.5, 0.6) is 0 Å². The lowest BCUT2D eigenvalue weighted by Crippen LogP contribution is -2.48. The van der Waals surface area contributed by atoms with Gasteiger partial charge in [-0.2, -0.15) is 11.8 Å². The minimum absolute atomic E-state index is 0. The maximum Gasteiger partial charge on any atom is 0.191 e. The summed E-state index contributed by atoms with van der Waals surface area (Å²) in [5, 5.41) is 6.87. The molecule has 0 atom stereocenters. The van der Waals surface area contributed by atoms with Crippen molar-refractivity contribution in [3.05, 3.63) is 0 Å². The second-order valence-electron chi connectivity index (χ2n) is 6.84. The molecule has 0 aromatic carbocycles. The molecular formula is C18H36IN3O3S. The molecule has 0 aromatic heterocycles. The highest BCUT2D eigenvalue weighted by atomic mass is 127. The number of rotatable bonds is 9. The van der Waals surface area contributed by atoms with E-state index in [9.17, 15) is 0 Å². The van der Waals surface area contributed by atoms with E-state index in [4.69, 9.17) is 14.2 Å². The first-order valence-electron chi connectivity index (χ1n) is 9.51. The number of halogens is 1. The van der Waals surface area contributed by atoms with Crippen LogP contribution >= 0.6 is 35.7 Å². The number of nitrogens with one attached hydrogen (secondary N) is 2. The van der Waals surface area contributed by atoms with Gasteiger partial charge in [-0.25, -0.2) is 0 Å². The van der Waals surface area contributed by atoms with E-state index in [1.807, 2.05) is 18.8 Å². The predicted molar refractivity (Wildman–Crippen MR) is 120 cm³/mol. The van der Waals surface area contributed by atoms with Gasteiger partial charge in [0.05, 0.1) is 0 Å². The highest BCUT2D eigenvalue weighted by Gasteiger charge is 2.31. The van der Waals surface area contributed by atoms with E-state index in [2.05, 4.69) is 21.9 Å². The predicted octanol–water partition coefficient (Wildman–Crippen LogP) is 2.51. The molecule has 26 heavy (non-hydrogen) atoms. The molecule has 0 saturated carbocycles. The number of guanidine groups is 1. The Balaban J connectivity index is 0.00000338. The van der Waals surface area contributed by atoms with Crippen molar-refractivity contribution in [3.8, 4) is 0 Å². The van der Waals surface area contributed by atoms with Crippen molar-refractivity contribution in [2.75, 3.05) is 66.0 Å². The van der Waals surface area contributed by atoms with E-state index in [-0.39, 0.29) is 28.7 Å². The molecule has 8 heteroatoms. The van der Waals surface area contributed by atoms with Gasteiger partial charge in [0.2, 0.25) is 0 Å². The maximum absolute atomic E-state index is 5.80. The molecule has 154 valence electrons. The Morgan fingerprint density at radius 1 is 1.15 bits per heavy atom. The van der Waals surface area contributed by atoms with Crippen LogP contribution in [-0.2, 0) is 14.2 Å². The lowest BCUT2D eigenvalue weighted by Gasteiger charge is -2.36. The summed E-state index contributed by atoms with van der Waals surface area (Å²) < 4.78 is 16.9. The van der Waals surface area contributed by atoms with Crippen molar-refractivity contribution in [2.24, 2.45) is 10.9 Å². The summed E-state index contributed by atoms with van der Waals surface area (Å²) in [5.74, 6) is 1.56. The van der Waals surface area contributed by atoms with Gasteiger partial charge in [0, 0.05) is 64.5 Å². The van der Waals surface area contributed by atoms with Crippen LogP contribution in [0.4, 0.5) is 0 Å². The number of hydrogen-bond acceptors (Lipinski definition) is 5. The molecule has 2 aliphatic rings. The summed E-state index contributed by atoms with van der Waals surface area (Å²) in [7, 11) is 1.83. The number of hydrogen-bond donors (Lipinski definition) is 2. The van der Waals surface area contributed by atoms with Crippen LogP contribution in [-0.4, -0.2) is 76.7 Å². The molecule has 2 aliphatic heterocycles. The van der Waals surface area contributed by atoms with Crippen LogP contribution in [0.1, 0.15) is 32.1 Å². The largest absolute Gasteiger partial charge is 0.381 e. The van der Waals surface area contributed by atoms with Crippen molar-refractivity contribution >= 4 is 41.7 Å². The molecule has 0 radical (unpaired) electrons. The highest BCUT2D eigenvalue weighted by molar-refractivity contribution is 14.0. The van der Waals surface area contributed by atoms with Gasteiger partial charge in [0.1, 0.15) is 0 Å². The second-order valence-corrected chi connectivity index (χ2v) is 8.11. The number of aliphatic imine (C=N–C) groups is 1. The lowest BCUT2D eigenvalue weighted by atomic mass is 9.99. The summed E-state index contributed by atoms with van der Waals surface area (Å²) >= 11 is 1.94. The molecule has 2 rings (SSSR count). The molecule has 0 bridgehead atoms. The van der Waals surface area contributed by atoms with Crippen LogP contribution in [0.2, 0.25) is 0 Å². The van der Waals surface area contributed by atoms with E-state index in [1.165, 1.54) is 0 Å². The van der Waals surface area contributed by atoms with Crippen molar-refractivity contribution in [1.29, 1.82) is 0 Å². The quantitative estimate of drug-likeness (QED) is 0.219. The van der Waals surface area contributed by atoms with Crippen molar-refractivity contribution in [3.63, 3.8) is 0 Å². The highest BCUT2D eigenvalue weighted by Crippen LogP contribution is 2.32. The van der Waals surface area contributed by atoms with Crippen LogP contribution in [0.25, 0.3) is 0 Å². The monoisotopic (exact) mass is 501 g/mol. The SMILES string of the molecule is CN=C(NCCCOCC1CCOCC1)NCC1(SC)CCOCC1.I. The van der Waals surface area contributed by atoms with Crippen molar-refractivity contribution in [1.82, 2.24) is 10.6 Å². The average molecular weight is 501 g/mol. The van der Waals surface area contributed by atoms with Gasteiger partial charge in [-0.1, -0.05) is 0 Å². The van der Waals surface area contributed by atoms with E-state index in [1.54, 1.807) is 0 Å². The summed E-state index contributed by atoms with van der Waals surface area (Å²) in [6.45, 7) is 6.98. The molecule has 0 spiro atoms. The van der Waals surface area contributed by atoms with Crippen molar-refractivity contribution < 1.29 is 14.2 Å². The molecule has 0 aliphatic carbocycles. The molecular weight excluding hydrogens is 465 g/mol. The summed E-state index contributed by atoms with van der Waals surface area (Å²) in [4.78, 5) is 4.33. The van der Waals surface area contributed by atoms with Crippen LogP contribution < -0.4 is 10.6 Å². The van der Waals surface area contributed by atoms with Gasteiger partial charge < -0.3 is 24.8 Å². The summed E-state index contributed by atoms with van der Waals surface area (Å²) in [6.07, 6.45) is 7.65. The fraction of sp³-hybridized carbons (Fsp3) is 0.944. The molecule has 6 nitrogen and oxygen atoms in total. The summed E-state index contributed by atoms with van der Waals surface area (Å²) in [6, 6.07) is 0. The van der Waals surface area contributed by atoms with Crippen LogP contribution in [0.3, 0.4) is 0 Å².